The average molecular weight is 178 g/mol. The van der Waals surface area contributed by atoms with Gasteiger partial charge in [0, 0.05) is 5.39 Å². The van der Waals surface area contributed by atoms with E-state index in [1.54, 1.807) is 6.07 Å². The molecule has 0 unspecified atom stereocenters. The number of aromatic nitrogens is 1. The van der Waals surface area contributed by atoms with Gasteiger partial charge < -0.3 is 0 Å². The Kier molecular flexibility index (Phi) is 1.74. The Morgan fingerprint density at radius 2 is 1.92 bits per heavy atom. The normalized spacial score (nSPS) is 10.5. The minimum absolute atomic E-state index is 0.549. The number of rotatable bonds is 0. The van der Waals surface area contributed by atoms with Crippen molar-refractivity contribution in [1.82, 2.24) is 4.98 Å². The Hall–Kier alpha value is -1.08. The van der Waals surface area contributed by atoms with E-state index in [9.17, 15) is 0 Å². The van der Waals surface area contributed by atoms with E-state index in [4.69, 9.17) is 11.6 Å². The van der Waals surface area contributed by atoms with E-state index >= 15 is 0 Å². The van der Waals surface area contributed by atoms with Gasteiger partial charge in [0.1, 0.15) is 5.15 Å². The van der Waals surface area contributed by atoms with Crippen molar-refractivity contribution < 1.29 is 0 Å². The number of fused-ring (bicyclic) bond motifs is 1. The second-order valence-electron chi connectivity index (χ2n) is 2.83. The lowest BCUT2D eigenvalue weighted by Gasteiger charge is -1.98. The molecule has 60 valence electrons. The molecule has 0 bridgehead atoms. The highest BCUT2D eigenvalue weighted by molar-refractivity contribution is 6.29. The number of nitrogens with zero attached hydrogens (tertiary/aromatic N) is 1. The molecule has 1 nitrogen and oxygen atoms in total. The van der Waals surface area contributed by atoms with Crippen molar-refractivity contribution in [3.05, 3.63) is 41.0 Å². The van der Waals surface area contributed by atoms with Gasteiger partial charge in [-0.2, -0.15) is 0 Å². The maximum absolute atomic E-state index is 5.76. The van der Waals surface area contributed by atoms with Crippen LogP contribution in [0.3, 0.4) is 0 Å². The minimum Gasteiger partial charge on any atom is -0.236 e. The van der Waals surface area contributed by atoms with E-state index in [1.807, 2.05) is 25.1 Å². The summed E-state index contributed by atoms with van der Waals surface area (Å²) >= 11 is 5.76. The maximum atomic E-state index is 5.76. The van der Waals surface area contributed by atoms with Crippen LogP contribution in [0.5, 0.6) is 0 Å². The number of halogens is 1. The molecule has 0 saturated heterocycles. The third-order valence-electron chi connectivity index (χ3n) is 1.81. The second-order valence-corrected chi connectivity index (χ2v) is 3.22. The van der Waals surface area contributed by atoms with Crippen LogP contribution in [-0.2, 0) is 0 Å². The van der Waals surface area contributed by atoms with Gasteiger partial charge >= 0.3 is 0 Å². The Morgan fingerprint density at radius 3 is 2.75 bits per heavy atom. The van der Waals surface area contributed by atoms with Crippen molar-refractivity contribution in [3.63, 3.8) is 0 Å². The summed E-state index contributed by atoms with van der Waals surface area (Å²) in [6.07, 6.45) is 0. The zero-order valence-corrected chi connectivity index (χ0v) is 7.47. The van der Waals surface area contributed by atoms with Crippen LogP contribution in [0.25, 0.3) is 10.9 Å². The van der Waals surface area contributed by atoms with Crippen molar-refractivity contribution in [2.24, 2.45) is 0 Å². The molecule has 0 fully saturated rings. The molecule has 1 heterocycles. The van der Waals surface area contributed by atoms with Gasteiger partial charge in [0.05, 0.1) is 5.52 Å². The quantitative estimate of drug-likeness (QED) is 0.564. The molecular formula is C10H8ClN. The Morgan fingerprint density at radius 1 is 1.17 bits per heavy atom. The largest absolute Gasteiger partial charge is 0.236 e. The molecule has 0 spiro atoms. The fraction of sp³-hybridized carbons (Fsp3) is 0.100. The van der Waals surface area contributed by atoms with E-state index in [1.165, 1.54) is 5.56 Å². The molecule has 0 aliphatic carbocycles. The van der Waals surface area contributed by atoms with Crippen LogP contribution >= 0.6 is 11.6 Å². The molecule has 0 radical (unpaired) electrons. The molecule has 1 aromatic heterocycles. The number of benzene rings is 1. The highest BCUT2D eigenvalue weighted by Crippen LogP contribution is 2.16. The third kappa shape index (κ3) is 1.28. The summed E-state index contributed by atoms with van der Waals surface area (Å²) in [5.74, 6) is 0. The van der Waals surface area contributed by atoms with E-state index < -0.39 is 0 Å². The SMILES string of the molecule is Cc1ccc2ccc(Cl)nc2c1. The van der Waals surface area contributed by atoms with Gasteiger partial charge in [-0.25, -0.2) is 4.98 Å². The Bertz CT molecular complexity index is 386. The summed E-state index contributed by atoms with van der Waals surface area (Å²) in [6, 6.07) is 9.93. The van der Waals surface area contributed by atoms with Gasteiger partial charge in [-0.3, -0.25) is 0 Å². The Balaban J connectivity index is 2.80. The predicted octanol–water partition coefficient (Wildman–Crippen LogP) is 3.20. The first-order valence-electron chi connectivity index (χ1n) is 3.78. The topological polar surface area (TPSA) is 12.9 Å². The van der Waals surface area contributed by atoms with Crippen molar-refractivity contribution in [3.8, 4) is 0 Å². The maximum Gasteiger partial charge on any atom is 0.129 e. The van der Waals surface area contributed by atoms with Crippen molar-refractivity contribution in [2.75, 3.05) is 0 Å². The highest BCUT2D eigenvalue weighted by Gasteiger charge is 1.95. The summed E-state index contributed by atoms with van der Waals surface area (Å²) < 4.78 is 0. The fourth-order valence-electron chi connectivity index (χ4n) is 1.20. The van der Waals surface area contributed by atoms with E-state index in [2.05, 4.69) is 11.1 Å². The molecule has 0 amide bonds. The molecule has 12 heavy (non-hydrogen) atoms. The molecule has 2 rings (SSSR count). The van der Waals surface area contributed by atoms with E-state index in [-0.39, 0.29) is 0 Å². The fourth-order valence-corrected chi connectivity index (χ4v) is 1.36. The van der Waals surface area contributed by atoms with Gasteiger partial charge in [0.25, 0.3) is 0 Å². The molecule has 2 heteroatoms. The van der Waals surface area contributed by atoms with Gasteiger partial charge in [0.2, 0.25) is 0 Å². The van der Waals surface area contributed by atoms with Gasteiger partial charge in [-0.15, -0.1) is 0 Å². The molecule has 1 aromatic carbocycles. The summed E-state index contributed by atoms with van der Waals surface area (Å²) in [6.45, 7) is 2.04. The molecule has 0 atom stereocenters. The van der Waals surface area contributed by atoms with Crippen LogP contribution in [0.2, 0.25) is 5.15 Å². The number of hydrogen-bond acceptors (Lipinski definition) is 1. The predicted molar refractivity (Wildman–Crippen MR) is 51.5 cm³/mol. The van der Waals surface area contributed by atoms with Crippen LogP contribution in [0, 0.1) is 6.92 Å². The smallest absolute Gasteiger partial charge is 0.129 e. The van der Waals surface area contributed by atoms with Crippen molar-refractivity contribution >= 4 is 22.5 Å². The third-order valence-corrected chi connectivity index (χ3v) is 2.02. The lowest BCUT2D eigenvalue weighted by atomic mass is 10.1. The lowest BCUT2D eigenvalue weighted by Crippen LogP contribution is -1.80. The highest BCUT2D eigenvalue weighted by atomic mass is 35.5. The summed E-state index contributed by atoms with van der Waals surface area (Å²) in [4.78, 5) is 4.20. The van der Waals surface area contributed by atoms with Crippen LogP contribution in [0.4, 0.5) is 0 Å². The standard InChI is InChI=1S/C10H8ClN/c1-7-2-3-8-4-5-10(11)12-9(8)6-7/h2-6H,1H3. The second kappa shape index (κ2) is 2.76. The van der Waals surface area contributed by atoms with E-state index in [0.29, 0.717) is 5.15 Å². The number of hydrogen-bond donors (Lipinski definition) is 0. The first kappa shape index (κ1) is 7.56. The van der Waals surface area contributed by atoms with Crippen LogP contribution in [0.15, 0.2) is 30.3 Å². The van der Waals surface area contributed by atoms with Gasteiger partial charge in [0.15, 0.2) is 0 Å². The molecule has 0 aliphatic heterocycles. The van der Waals surface area contributed by atoms with Crippen molar-refractivity contribution in [1.29, 1.82) is 0 Å². The van der Waals surface area contributed by atoms with Crippen molar-refractivity contribution in [2.45, 2.75) is 6.92 Å². The minimum atomic E-state index is 0.549. The van der Waals surface area contributed by atoms with Crippen LogP contribution < -0.4 is 0 Å². The summed E-state index contributed by atoms with van der Waals surface area (Å²) in [7, 11) is 0. The summed E-state index contributed by atoms with van der Waals surface area (Å²) in [5, 5.41) is 1.68. The zero-order valence-electron chi connectivity index (χ0n) is 6.71. The number of pyridine rings is 1. The molecule has 0 aliphatic rings. The van der Waals surface area contributed by atoms with Gasteiger partial charge in [-0.05, 0) is 30.7 Å². The molecule has 2 aromatic rings. The first-order chi connectivity index (χ1) is 5.75. The van der Waals surface area contributed by atoms with Gasteiger partial charge in [-0.1, -0.05) is 23.7 Å². The monoisotopic (exact) mass is 177 g/mol. The molecular weight excluding hydrogens is 170 g/mol. The summed E-state index contributed by atoms with van der Waals surface area (Å²) in [5.41, 5.74) is 2.17. The van der Waals surface area contributed by atoms with Crippen LogP contribution in [-0.4, -0.2) is 4.98 Å². The molecule has 0 N–H and O–H groups in total. The van der Waals surface area contributed by atoms with E-state index in [0.717, 1.165) is 10.9 Å². The number of aryl methyl sites for hydroxylation is 1. The molecule has 0 saturated carbocycles. The zero-order chi connectivity index (χ0) is 8.55. The lowest BCUT2D eigenvalue weighted by molar-refractivity contribution is 1.39. The Labute approximate surface area is 76.0 Å². The first-order valence-corrected chi connectivity index (χ1v) is 4.16. The van der Waals surface area contributed by atoms with Crippen LogP contribution in [0.1, 0.15) is 5.56 Å². The average Bonchev–Trinajstić information content (AvgIpc) is 2.03.